The van der Waals surface area contributed by atoms with Gasteiger partial charge in [0.15, 0.2) is 0 Å². The summed E-state index contributed by atoms with van der Waals surface area (Å²) in [7, 11) is 0. The molecule has 1 aromatic heterocycles. The van der Waals surface area contributed by atoms with Crippen LogP contribution < -0.4 is 5.32 Å². The van der Waals surface area contributed by atoms with E-state index in [9.17, 15) is 5.11 Å². The fourth-order valence-corrected chi connectivity index (χ4v) is 3.17. The Hall–Kier alpha value is -1.32. The molecule has 3 nitrogen and oxygen atoms in total. The molecule has 0 spiro atoms. The van der Waals surface area contributed by atoms with Crippen LogP contribution in [-0.2, 0) is 6.54 Å². The standard InChI is InChI=1S/C18H25NO2/c1-17(2)7-9-18(20,10-8-17)13-19-11-14-12-21-16-6-4-3-5-15(14)16/h3-6,12,19-20H,7-11,13H2,1-2H3. The molecule has 0 atom stereocenters. The molecule has 1 aromatic carbocycles. The summed E-state index contributed by atoms with van der Waals surface area (Å²) < 4.78 is 5.54. The van der Waals surface area contributed by atoms with Crippen molar-refractivity contribution in [2.45, 2.75) is 51.7 Å². The van der Waals surface area contributed by atoms with Crippen LogP contribution in [0.1, 0.15) is 45.1 Å². The zero-order valence-corrected chi connectivity index (χ0v) is 13.0. The van der Waals surface area contributed by atoms with Crippen LogP contribution in [0.2, 0.25) is 0 Å². The molecule has 1 saturated carbocycles. The van der Waals surface area contributed by atoms with Gasteiger partial charge in [-0.3, -0.25) is 0 Å². The van der Waals surface area contributed by atoms with Crippen LogP contribution in [0.25, 0.3) is 11.0 Å². The maximum Gasteiger partial charge on any atom is 0.134 e. The minimum atomic E-state index is -0.547. The molecule has 3 heteroatoms. The smallest absolute Gasteiger partial charge is 0.134 e. The molecule has 114 valence electrons. The Morgan fingerprint density at radius 2 is 1.86 bits per heavy atom. The number of rotatable bonds is 4. The van der Waals surface area contributed by atoms with Crippen LogP contribution in [0.3, 0.4) is 0 Å². The first-order valence-electron chi connectivity index (χ1n) is 7.86. The van der Waals surface area contributed by atoms with Crippen molar-refractivity contribution < 1.29 is 9.52 Å². The van der Waals surface area contributed by atoms with E-state index in [2.05, 4.69) is 25.2 Å². The molecular formula is C18H25NO2. The zero-order chi connectivity index (χ0) is 14.9. The lowest BCUT2D eigenvalue weighted by molar-refractivity contribution is -0.0245. The molecule has 0 bridgehead atoms. The number of fused-ring (bicyclic) bond motifs is 1. The predicted octanol–water partition coefficient (Wildman–Crippen LogP) is 3.85. The van der Waals surface area contributed by atoms with Gasteiger partial charge < -0.3 is 14.8 Å². The molecule has 0 unspecified atom stereocenters. The first-order chi connectivity index (χ1) is 9.98. The second kappa shape index (κ2) is 5.47. The number of hydrogen-bond donors (Lipinski definition) is 2. The highest BCUT2D eigenvalue weighted by Crippen LogP contribution is 2.39. The first kappa shape index (κ1) is 14.6. The molecule has 1 heterocycles. The van der Waals surface area contributed by atoms with Gasteiger partial charge >= 0.3 is 0 Å². The molecule has 1 fully saturated rings. The van der Waals surface area contributed by atoms with Crippen molar-refractivity contribution >= 4 is 11.0 Å². The summed E-state index contributed by atoms with van der Waals surface area (Å²) in [5.74, 6) is 0. The number of nitrogens with one attached hydrogen (secondary N) is 1. The average Bonchev–Trinajstić information content (AvgIpc) is 2.87. The van der Waals surface area contributed by atoms with Crippen molar-refractivity contribution in [2.75, 3.05) is 6.54 Å². The summed E-state index contributed by atoms with van der Waals surface area (Å²) in [4.78, 5) is 0. The predicted molar refractivity (Wildman–Crippen MR) is 85.1 cm³/mol. The van der Waals surface area contributed by atoms with Crippen LogP contribution >= 0.6 is 0 Å². The van der Waals surface area contributed by atoms with Crippen molar-refractivity contribution in [3.05, 3.63) is 36.1 Å². The summed E-state index contributed by atoms with van der Waals surface area (Å²) >= 11 is 0. The summed E-state index contributed by atoms with van der Waals surface area (Å²) in [5, 5.41) is 15.2. The maximum atomic E-state index is 10.7. The Bertz CT molecular complexity index is 604. The number of para-hydroxylation sites is 1. The van der Waals surface area contributed by atoms with Gasteiger partial charge in [0, 0.05) is 24.0 Å². The number of hydrogen-bond acceptors (Lipinski definition) is 3. The van der Waals surface area contributed by atoms with Gasteiger partial charge in [-0.15, -0.1) is 0 Å². The van der Waals surface area contributed by atoms with E-state index < -0.39 is 5.60 Å². The van der Waals surface area contributed by atoms with Crippen molar-refractivity contribution in [1.82, 2.24) is 5.32 Å². The molecule has 3 rings (SSSR count). The van der Waals surface area contributed by atoms with E-state index in [0.29, 0.717) is 12.0 Å². The molecular weight excluding hydrogens is 262 g/mol. The zero-order valence-electron chi connectivity index (χ0n) is 13.0. The van der Waals surface area contributed by atoms with Crippen molar-refractivity contribution in [2.24, 2.45) is 5.41 Å². The molecule has 2 aromatic rings. The highest BCUT2D eigenvalue weighted by molar-refractivity contribution is 5.80. The molecule has 1 aliphatic carbocycles. The third-order valence-corrected chi connectivity index (χ3v) is 4.86. The lowest BCUT2D eigenvalue weighted by atomic mass is 9.71. The SMILES string of the molecule is CC1(C)CCC(O)(CNCc2coc3ccccc23)CC1. The van der Waals surface area contributed by atoms with Crippen LogP contribution in [-0.4, -0.2) is 17.3 Å². The second-order valence-corrected chi connectivity index (χ2v) is 7.25. The highest BCUT2D eigenvalue weighted by Gasteiger charge is 2.36. The quantitative estimate of drug-likeness (QED) is 0.897. The molecule has 21 heavy (non-hydrogen) atoms. The number of aliphatic hydroxyl groups is 1. The van der Waals surface area contributed by atoms with Gasteiger partial charge in [-0.2, -0.15) is 0 Å². The van der Waals surface area contributed by atoms with E-state index in [0.717, 1.165) is 48.8 Å². The molecule has 0 radical (unpaired) electrons. The van der Waals surface area contributed by atoms with E-state index >= 15 is 0 Å². The largest absolute Gasteiger partial charge is 0.464 e. The maximum absolute atomic E-state index is 10.7. The molecule has 2 N–H and O–H groups in total. The normalized spacial score (nSPS) is 20.7. The van der Waals surface area contributed by atoms with E-state index in [1.807, 2.05) is 24.5 Å². The van der Waals surface area contributed by atoms with E-state index in [1.165, 1.54) is 0 Å². The van der Waals surface area contributed by atoms with Gasteiger partial charge in [0.2, 0.25) is 0 Å². The van der Waals surface area contributed by atoms with Crippen molar-refractivity contribution in [3.63, 3.8) is 0 Å². The van der Waals surface area contributed by atoms with Crippen molar-refractivity contribution in [3.8, 4) is 0 Å². The molecule has 0 aliphatic heterocycles. The van der Waals surface area contributed by atoms with Crippen LogP contribution in [0.4, 0.5) is 0 Å². The summed E-state index contributed by atoms with van der Waals surface area (Å²) in [6.45, 7) is 5.97. The number of furan rings is 1. The Balaban J connectivity index is 1.57. The van der Waals surface area contributed by atoms with Gasteiger partial charge in [0.05, 0.1) is 11.9 Å². The third kappa shape index (κ3) is 3.30. The van der Waals surface area contributed by atoms with Crippen molar-refractivity contribution in [1.29, 1.82) is 0 Å². The van der Waals surface area contributed by atoms with Gasteiger partial charge in [-0.05, 0) is 37.2 Å². The molecule has 0 amide bonds. The fourth-order valence-electron chi connectivity index (χ4n) is 3.17. The summed E-state index contributed by atoms with van der Waals surface area (Å²) in [5.41, 5.74) is 1.92. The minimum Gasteiger partial charge on any atom is -0.464 e. The third-order valence-electron chi connectivity index (χ3n) is 4.86. The Morgan fingerprint density at radius 1 is 1.14 bits per heavy atom. The van der Waals surface area contributed by atoms with E-state index in [-0.39, 0.29) is 0 Å². The van der Waals surface area contributed by atoms with Gasteiger partial charge in [-0.25, -0.2) is 0 Å². The molecule has 0 saturated heterocycles. The fraction of sp³-hybridized carbons (Fsp3) is 0.556. The van der Waals surface area contributed by atoms with Gasteiger partial charge in [0.25, 0.3) is 0 Å². The Labute approximate surface area is 126 Å². The topological polar surface area (TPSA) is 45.4 Å². The summed E-state index contributed by atoms with van der Waals surface area (Å²) in [6.07, 6.45) is 5.78. The minimum absolute atomic E-state index is 0.382. The molecule has 1 aliphatic rings. The average molecular weight is 287 g/mol. The van der Waals surface area contributed by atoms with E-state index in [1.54, 1.807) is 0 Å². The Kier molecular flexibility index (Phi) is 3.80. The Morgan fingerprint density at radius 3 is 2.62 bits per heavy atom. The van der Waals surface area contributed by atoms with Crippen LogP contribution in [0.5, 0.6) is 0 Å². The lowest BCUT2D eigenvalue weighted by Crippen LogP contribution is -2.44. The summed E-state index contributed by atoms with van der Waals surface area (Å²) in [6, 6.07) is 8.07. The van der Waals surface area contributed by atoms with Crippen LogP contribution in [0.15, 0.2) is 34.9 Å². The van der Waals surface area contributed by atoms with Gasteiger partial charge in [0.1, 0.15) is 5.58 Å². The van der Waals surface area contributed by atoms with E-state index in [4.69, 9.17) is 4.42 Å². The highest BCUT2D eigenvalue weighted by atomic mass is 16.3. The second-order valence-electron chi connectivity index (χ2n) is 7.25. The number of benzene rings is 1. The lowest BCUT2D eigenvalue weighted by Gasteiger charge is -2.40. The first-order valence-corrected chi connectivity index (χ1v) is 7.86. The van der Waals surface area contributed by atoms with Crippen LogP contribution in [0, 0.1) is 5.41 Å². The monoisotopic (exact) mass is 287 g/mol. The van der Waals surface area contributed by atoms with Gasteiger partial charge in [-0.1, -0.05) is 32.0 Å².